The maximum absolute atomic E-state index is 10.9. The summed E-state index contributed by atoms with van der Waals surface area (Å²) >= 11 is 0. The molecule has 0 saturated carbocycles. The largest absolute Gasteiger partial charge is 0.469 e. The molecular weight excluding hydrogens is 443 g/mol. The van der Waals surface area contributed by atoms with Gasteiger partial charge < -0.3 is 36.6 Å². The van der Waals surface area contributed by atoms with E-state index in [1.165, 1.54) is 10.9 Å². The SMILES string of the molecule is N.Nc1nc(C#Cc2ccccc2)nc2c1ncn2[C@@H]1O[C@H](COP(=O)(O)O)[C@@H](O)[C@H]1O. The van der Waals surface area contributed by atoms with Crippen LogP contribution >= 0.6 is 7.82 Å². The molecule has 0 amide bonds. The molecule has 1 saturated heterocycles. The Morgan fingerprint density at radius 3 is 2.56 bits per heavy atom. The van der Waals surface area contributed by atoms with Gasteiger partial charge in [-0.3, -0.25) is 9.09 Å². The number of imidazole rings is 1. The van der Waals surface area contributed by atoms with Crippen LogP contribution in [0, 0.1) is 11.8 Å². The van der Waals surface area contributed by atoms with Crippen molar-refractivity contribution < 1.29 is 33.8 Å². The zero-order valence-electron chi connectivity index (χ0n) is 16.5. The van der Waals surface area contributed by atoms with Crippen molar-refractivity contribution in [2.24, 2.45) is 0 Å². The van der Waals surface area contributed by atoms with Gasteiger partial charge in [-0.1, -0.05) is 24.1 Å². The normalized spacial score (nSPS) is 22.9. The third kappa shape index (κ3) is 4.94. The van der Waals surface area contributed by atoms with Gasteiger partial charge in [0.25, 0.3) is 0 Å². The molecule has 1 fully saturated rings. The molecule has 32 heavy (non-hydrogen) atoms. The molecule has 1 aliphatic rings. The van der Waals surface area contributed by atoms with Crippen LogP contribution in [0.4, 0.5) is 5.82 Å². The minimum absolute atomic E-state index is 0. The number of hydrogen-bond donors (Lipinski definition) is 6. The smallest absolute Gasteiger partial charge is 0.387 e. The van der Waals surface area contributed by atoms with Crippen molar-refractivity contribution in [3.63, 3.8) is 0 Å². The molecule has 0 radical (unpaired) electrons. The van der Waals surface area contributed by atoms with E-state index < -0.39 is 39.0 Å². The minimum atomic E-state index is -4.77. The number of aromatic nitrogens is 4. The average Bonchev–Trinajstić information content (AvgIpc) is 3.27. The first-order chi connectivity index (χ1) is 14.7. The number of nitrogens with two attached hydrogens (primary N) is 1. The summed E-state index contributed by atoms with van der Waals surface area (Å²) in [5.41, 5.74) is 7.17. The van der Waals surface area contributed by atoms with E-state index in [2.05, 4.69) is 31.3 Å². The molecule has 4 atom stereocenters. The van der Waals surface area contributed by atoms with Gasteiger partial charge in [0, 0.05) is 5.56 Å². The van der Waals surface area contributed by atoms with E-state index in [0.717, 1.165) is 5.56 Å². The second-order valence-electron chi connectivity index (χ2n) is 6.71. The minimum Gasteiger partial charge on any atom is -0.387 e. The van der Waals surface area contributed by atoms with Crippen molar-refractivity contribution in [2.45, 2.75) is 24.5 Å². The highest BCUT2D eigenvalue weighted by molar-refractivity contribution is 7.46. The number of fused-ring (bicyclic) bond motifs is 1. The summed E-state index contributed by atoms with van der Waals surface area (Å²) in [6.45, 7) is -0.628. The monoisotopic (exact) mass is 464 g/mol. The third-order valence-corrected chi connectivity index (χ3v) is 5.04. The van der Waals surface area contributed by atoms with Gasteiger partial charge in [0.2, 0.25) is 5.82 Å². The molecule has 3 heterocycles. The van der Waals surface area contributed by atoms with Crippen LogP contribution in [0.15, 0.2) is 36.7 Å². The van der Waals surface area contributed by atoms with E-state index in [0.29, 0.717) is 0 Å². The van der Waals surface area contributed by atoms with Gasteiger partial charge in [-0.2, -0.15) is 0 Å². The van der Waals surface area contributed by atoms with Crippen LogP contribution < -0.4 is 11.9 Å². The fourth-order valence-electron chi connectivity index (χ4n) is 3.10. The fourth-order valence-corrected chi connectivity index (χ4v) is 3.44. The van der Waals surface area contributed by atoms with Crippen LogP contribution in [0.5, 0.6) is 0 Å². The number of anilines is 1. The molecule has 9 N–H and O–H groups in total. The van der Waals surface area contributed by atoms with Crippen molar-refractivity contribution in [3.05, 3.63) is 48.0 Å². The van der Waals surface area contributed by atoms with Crippen LogP contribution in [0.3, 0.4) is 0 Å². The van der Waals surface area contributed by atoms with Gasteiger partial charge in [0.15, 0.2) is 17.7 Å². The molecule has 13 nitrogen and oxygen atoms in total. The van der Waals surface area contributed by atoms with Crippen molar-refractivity contribution >= 4 is 24.8 Å². The van der Waals surface area contributed by atoms with Gasteiger partial charge in [-0.05, 0) is 18.1 Å². The lowest BCUT2D eigenvalue weighted by Gasteiger charge is -2.16. The summed E-state index contributed by atoms with van der Waals surface area (Å²) in [5.74, 6) is 5.91. The first-order valence-electron chi connectivity index (χ1n) is 9.02. The summed E-state index contributed by atoms with van der Waals surface area (Å²) in [5, 5.41) is 20.6. The topological polar surface area (TPSA) is 221 Å². The van der Waals surface area contributed by atoms with Crippen LogP contribution in [0.2, 0.25) is 0 Å². The lowest BCUT2D eigenvalue weighted by atomic mass is 10.1. The fraction of sp³-hybridized carbons (Fsp3) is 0.278. The van der Waals surface area contributed by atoms with Gasteiger partial charge >= 0.3 is 7.82 Å². The van der Waals surface area contributed by atoms with Crippen molar-refractivity contribution in [1.82, 2.24) is 25.7 Å². The number of rotatable bonds is 4. The average molecular weight is 464 g/mol. The second kappa shape index (κ2) is 9.29. The van der Waals surface area contributed by atoms with E-state index in [-0.39, 0.29) is 29.0 Å². The van der Waals surface area contributed by atoms with Crippen LogP contribution in [0.25, 0.3) is 11.2 Å². The Kier molecular flexibility index (Phi) is 6.89. The molecule has 4 rings (SSSR count). The number of nitrogens with zero attached hydrogens (tertiary/aromatic N) is 4. The Labute approximate surface area is 181 Å². The van der Waals surface area contributed by atoms with E-state index >= 15 is 0 Å². The molecule has 0 spiro atoms. The number of phosphoric ester groups is 1. The number of aliphatic hydroxyl groups is 2. The van der Waals surface area contributed by atoms with Crippen molar-refractivity contribution in [3.8, 4) is 11.8 Å². The molecule has 1 aliphatic heterocycles. The van der Waals surface area contributed by atoms with Gasteiger partial charge in [-0.15, -0.1) is 0 Å². The molecule has 1 aromatic carbocycles. The van der Waals surface area contributed by atoms with Crippen molar-refractivity contribution in [2.75, 3.05) is 12.3 Å². The molecule has 0 unspecified atom stereocenters. The van der Waals surface area contributed by atoms with Gasteiger partial charge in [0.05, 0.1) is 12.9 Å². The maximum Gasteiger partial charge on any atom is 0.469 e. The summed E-state index contributed by atoms with van der Waals surface area (Å²) in [7, 11) is -4.77. The molecule has 3 aromatic rings. The maximum atomic E-state index is 10.9. The highest BCUT2D eigenvalue weighted by Gasteiger charge is 2.45. The van der Waals surface area contributed by atoms with Crippen LogP contribution in [-0.2, 0) is 13.8 Å². The summed E-state index contributed by atoms with van der Waals surface area (Å²) in [6.07, 6.45) is -3.96. The van der Waals surface area contributed by atoms with Crippen LogP contribution in [-0.4, -0.2) is 64.4 Å². The zero-order valence-corrected chi connectivity index (χ0v) is 17.4. The zero-order chi connectivity index (χ0) is 22.2. The predicted octanol–water partition coefficient (Wildman–Crippen LogP) is -0.301. The summed E-state index contributed by atoms with van der Waals surface area (Å²) in [6, 6.07) is 9.19. The molecule has 14 heteroatoms. The number of phosphoric acid groups is 1. The Morgan fingerprint density at radius 2 is 1.88 bits per heavy atom. The second-order valence-corrected chi connectivity index (χ2v) is 7.94. The number of hydrogen-bond acceptors (Lipinski definition) is 10. The lowest BCUT2D eigenvalue weighted by Crippen LogP contribution is -2.33. The highest BCUT2D eigenvalue weighted by Crippen LogP contribution is 2.38. The number of aliphatic hydroxyl groups excluding tert-OH is 2. The van der Waals surface area contributed by atoms with Gasteiger partial charge in [0.1, 0.15) is 23.8 Å². The van der Waals surface area contributed by atoms with Gasteiger partial charge in [-0.25, -0.2) is 19.5 Å². The molecule has 170 valence electrons. The standard InChI is InChI=1S/C18H18N5O7P.H3N/c19-16-13-17(22-12(21-16)7-6-10-4-2-1-3-5-10)23(9-20-13)18-15(25)14(24)11(30-18)8-29-31(26,27)28;/h1-5,9,11,14-15,18,24-25H,8H2,(H2,19,21,22)(H2,26,27,28);1H3/t11-,14-,15-,18-;/m1./s1. The lowest BCUT2D eigenvalue weighted by molar-refractivity contribution is -0.0504. The molecule has 2 aromatic heterocycles. The Bertz CT molecular complexity index is 1200. The number of nitrogen functional groups attached to an aromatic ring is 1. The number of ether oxygens (including phenoxy) is 1. The molecule has 0 aliphatic carbocycles. The number of benzene rings is 1. The van der Waals surface area contributed by atoms with Crippen LogP contribution in [0.1, 0.15) is 17.6 Å². The Hall–Kier alpha value is -2.92. The first kappa shape index (κ1) is 23.7. The summed E-state index contributed by atoms with van der Waals surface area (Å²) < 4.78 is 22.2. The van der Waals surface area contributed by atoms with Crippen molar-refractivity contribution in [1.29, 1.82) is 0 Å². The Balaban J connectivity index is 0.00000289. The molecular formula is C18H21N6O7P. The van der Waals surface area contributed by atoms with E-state index in [4.69, 9.17) is 20.3 Å². The third-order valence-electron chi connectivity index (χ3n) is 4.56. The summed E-state index contributed by atoms with van der Waals surface area (Å²) in [4.78, 5) is 30.3. The molecule has 0 bridgehead atoms. The van der Waals surface area contributed by atoms with E-state index in [1.54, 1.807) is 0 Å². The Morgan fingerprint density at radius 1 is 1.16 bits per heavy atom. The van der Waals surface area contributed by atoms with E-state index in [9.17, 15) is 14.8 Å². The highest BCUT2D eigenvalue weighted by atomic mass is 31.2. The quantitative estimate of drug-likeness (QED) is 0.216. The van der Waals surface area contributed by atoms with E-state index in [1.807, 2.05) is 30.3 Å². The predicted molar refractivity (Wildman–Crippen MR) is 111 cm³/mol. The first-order valence-corrected chi connectivity index (χ1v) is 10.5.